The molecule has 1 fully saturated rings. The molecule has 134 valence electrons. The summed E-state index contributed by atoms with van der Waals surface area (Å²) in [5, 5.41) is 3.38. The third-order valence-electron chi connectivity index (χ3n) is 4.12. The molecule has 0 spiro atoms. The summed E-state index contributed by atoms with van der Waals surface area (Å²) in [6, 6.07) is 5.91. The first-order chi connectivity index (χ1) is 11.7. The number of likely N-dealkylation sites (tertiary alicyclic amines) is 1. The van der Waals surface area contributed by atoms with E-state index in [1.54, 1.807) is 0 Å². The van der Waals surface area contributed by atoms with E-state index in [0.717, 1.165) is 51.0 Å². The van der Waals surface area contributed by atoms with Crippen LogP contribution in [-0.2, 0) is 11.3 Å². The van der Waals surface area contributed by atoms with E-state index < -0.39 is 0 Å². The number of amides is 1. The van der Waals surface area contributed by atoms with Gasteiger partial charge in [0.1, 0.15) is 0 Å². The summed E-state index contributed by atoms with van der Waals surface area (Å²) in [4.78, 5) is 14.1. The number of piperidine rings is 1. The Bertz CT molecular complexity index is 513. The molecule has 1 aliphatic rings. The molecular weight excluding hydrogens is 304 g/mol. The molecule has 5 nitrogen and oxygen atoms in total. The van der Waals surface area contributed by atoms with Crippen LogP contribution in [0.5, 0.6) is 11.5 Å². The highest BCUT2D eigenvalue weighted by molar-refractivity contribution is 5.78. The second-order valence-electron chi connectivity index (χ2n) is 6.12. The molecule has 1 N–H and O–H groups in total. The Kier molecular flexibility index (Phi) is 7.89. The lowest BCUT2D eigenvalue weighted by Gasteiger charge is -2.26. The monoisotopic (exact) mass is 334 g/mol. The molecule has 1 amide bonds. The number of nitrogens with one attached hydrogen (secondary N) is 1. The first kappa shape index (κ1) is 18.6. The highest BCUT2D eigenvalue weighted by Gasteiger charge is 2.17. The Morgan fingerprint density at radius 2 is 1.92 bits per heavy atom. The summed E-state index contributed by atoms with van der Waals surface area (Å²) >= 11 is 0. The molecule has 0 atom stereocenters. The molecule has 1 saturated heterocycles. The number of carbonyl (C=O) groups is 1. The maximum absolute atomic E-state index is 12.2. The number of hydrogen-bond donors (Lipinski definition) is 1. The molecule has 0 aromatic heterocycles. The normalized spacial score (nSPS) is 14.5. The molecule has 0 aliphatic carbocycles. The Hall–Kier alpha value is -1.75. The maximum Gasteiger partial charge on any atom is 0.260 e. The summed E-state index contributed by atoms with van der Waals surface area (Å²) in [7, 11) is 0. The van der Waals surface area contributed by atoms with Gasteiger partial charge in [0.15, 0.2) is 18.1 Å². The molecule has 24 heavy (non-hydrogen) atoms. The largest absolute Gasteiger partial charge is 0.490 e. The van der Waals surface area contributed by atoms with Gasteiger partial charge in [0.2, 0.25) is 0 Å². The van der Waals surface area contributed by atoms with Crippen molar-refractivity contribution in [2.24, 2.45) is 0 Å². The lowest BCUT2D eigenvalue weighted by Crippen LogP contribution is -2.38. The predicted molar refractivity (Wildman–Crippen MR) is 95.5 cm³/mol. The number of hydrogen-bond acceptors (Lipinski definition) is 4. The van der Waals surface area contributed by atoms with Crippen LogP contribution in [0.25, 0.3) is 0 Å². The van der Waals surface area contributed by atoms with Crippen LogP contribution >= 0.6 is 0 Å². The van der Waals surface area contributed by atoms with Crippen LogP contribution < -0.4 is 14.8 Å². The molecule has 1 heterocycles. The van der Waals surface area contributed by atoms with Gasteiger partial charge in [-0.2, -0.15) is 0 Å². The van der Waals surface area contributed by atoms with Gasteiger partial charge < -0.3 is 19.7 Å². The number of carbonyl (C=O) groups excluding carboxylic acids is 1. The van der Waals surface area contributed by atoms with Crippen molar-refractivity contribution in [2.45, 2.75) is 46.1 Å². The quantitative estimate of drug-likeness (QED) is 0.706. The molecule has 0 saturated carbocycles. The summed E-state index contributed by atoms with van der Waals surface area (Å²) in [5.41, 5.74) is 1.15. The first-order valence-electron chi connectivity index (χ1n) is 9.11. The van der Waals surface area contributed by atoms with Crippen LogP contribution in [0.15, 0.2) is 18.2 Å². The van der Waals surface area contributed by atoms with Crippen LogP contribution in [0, 0.1) is 0 Å². The van der Waals surface area contributed by atoms with Gasteiger partial charge in [-0.3, -0.25) is 4.79 Å². The molecule has 0 unspecified atom stereocenters. The van der Waals surface area contributed by atoms with E-state index in [2.05, 4.69) is 12.2 Å². The lowest BCUT2D eigenvalue weighted by molar-refractivity contribution is -0.134. The Morgan fingerprint density at radius 3 is 2.62 bits per heavy atom. The average molecular weight is 334 g/mol. The number of rotatable bonds is 9. The van der Waals surface area contributed by atoms with E-state index in [0.29, 0.717) is 18.1 Å². The van der Waals surface area contributed by atoms with Crippen molar-refractivity contribution in [2.75, 3.05) is 32.8 Å². The zero-order valence-corrected chi connectivity index (χ0v) is 15.0. The average Bonchev–Trinajstić information content (AvgIpc) is 2.62. The standard InChI is InChI=1S/C19H30N2O3/c1-3-10-20-14-16-8-9-17(18(13-16)23-4-2)24-15-19(22)21-11-6-5-7-12-21/h8-9,13,20H,3-7,10-12,14-15H2,1-2H3. The van der Waals surface area contributed by atoms with E-state index in [1.165, 1.54) is 6.42 Å². The third-order valence-corrected chi connectivity index (χ3v) is 4.12. The van der Waals surface area contributed by atoms with Crippen molar-refractivity contribution < 1.29 is 14.3 Å². The molecule has 1 aromatic rings. The van der Waals surface area contributed by atoms with Crippen LogP contribution in [0.3, 0.4) is 0 Å². The molecule has 1 aliphatic heterocycles. The minimum absolute atomic E-state index is 0.0610. The fourth-order valence-electron chi connectivity index (χ4n) is 2.83. The van der Waals surface area contributed by atoms with Crippen molar-refractivity contribution in [1.82, 2.24) is 10.2 Å². The number of benzene rings is 1. The fraction of sp³-hybridized carbons (Fsp3) is 0.632. The Morgan fingerprint density at radius 1 is 1.12 bits per heavy atom. The van der Waals surface area contributed by atoms with Gasteiger partial charge in [-0.1, -0.05) is 13.0 Å². The number of nitrogens with zero attached hydrogens (tertiary/aromatic N) is 1. The topological polar surface area (TPSA) is 50.8 Å². The highest BCUT2D eigenvalue weighted by Crippen LogP contribution is 2.28. The van der Waals surface area contributed by atoms with Crippen LogP contribution in [-0.4, -0.2) is 43.7 Å². The van der Waals surface area contributed by atoms with Gasteiger partial charge in [-0.05, 0) is 56.8 Å². The smallest absolute Gasteiger partial charge is 0.260 e. The molecule has 0 radical (unpaired) electrons. The van der Waals surface area contributed by atoms with Gasteiger partial charge in [0.05, 0.1) is 6.61 Å². The minimum Gasteiger partial charge on any atom is -0.490 e. The second kappa shape index (κ2) is 10.2. The second-order valence-corrected chi connectivity index (χ2v) is 6.12. The highest BCUT2D eigenvalue weighted by atomic mass is 16.5. The predicted octanol–water partition coefficient (Wildman–Crippen LogP) is 2.98. The van der Waals surface area contributed by atoms with Crippen molar-refractivity contribution in [3.8, 4) is 11.5 Å². The van der Waals surface area contributed by atoms with Gasteiger partial charge in [-0.25, -0.2) is 0 Å². The van der Waals surface area contributed by atoms with Gasteiger partial charge in [0, 0.05) is 19.6 Å². The van der Waals surface area contributed by atoms with Crippen molar-refractivity contribution in [3.63, 3.8) is 0 Å². The zero-order valence-electron chi connectivity index (χ0n) is 15.0. The van der Waals surface area contributed by atoms with Crippen molar-refractivity contribution in [1.29, 1.82) is 0 Å². The van der Waals surface area contributed by atoms with Crippen LogP contribution in [0.2, 0.25) is 0 Å². The molecule has 5 heteroatoms. The lowest BCUT2D eigenvalue weighted by atomic mass is 10.1. The first-order valence-corrected chi connectivity index (χ1v) is 9.11. The Balaban J connectivity index is 1.93. The third kappa shape index (κ3) is 5.71. The van der Waals surface area contributed by atoms with E-state index in [-0.39, 0.29) is 12.5 Å². The summed E-state index contributed by atoms with van der Waals surface area (Å²) in [6.07, 6.45) is 4.51. The van der Waals surface area contributed by atoms with E-state index in [4.69, 9.17) is 9.47 Å². The zero-order chi connectivity index (χ0) is 17.2. The molecular formula is C19H30N2O3. The van der Waals surface area contributed by atoms with Gasteiger partial charge in [0.25, 0.3) is 5.91 Å². The van der Waals surface area contributed by atoms with E-state index in [9.17, 15) is 4.79 Å². The van der Waals surface area contributed by atoms with Crippen molar-refractivity contribution >= 4 is 5.91 Å². The van der Waals surface area contributed by atoms with E-state index in [1.807, 2.05) is 30.0 Å². The van der Waals surface area contributed by atoms with Gasteiger partial charge in [-0.15, -0.1) is 0 Å². The Labute approximate surface area is 145 Å². The minimum atomic E-state index is 0.0610. The van der Waals surface area contributed by atoms with Gasteiger partial charge >= 0.3 is 0 Å². The molecule has 1 aromatic carbocycles. The number of ether oxygens (including phenoxy) is 2. The van der Waals surface area contributed by atoms with Crippen LogP contribution in [0.1, 0.15) is 45.1 Å². The van der Waals surface area contributed by atoms with Crippen LogP contribution in [0.4, 0.5) is 0 Å². The van der Waals surface area contributed by atoms with Crippen molar-refractivity contribution in [3.05, 3.63) is 23.8 Å². The summed E-state index contributed by atoms with van der Waals surface area (Å²) in [5.74, 6) is 1.41. The SMILES string of the molecule is CCCNCc1ccc(OCC(=O)N2CCCCC2)c(OCC)c1. The summed E-state index contributed by atoms with van der Waals surface area (Å²) in [6.45, 7) is 8.24. The van der Waals surface area contributed by atoms with E-state index >= 15 is 0 Å². The molecule has 2 rings (SSSR count). The maximum atomic E-state index is 12.2. The summed E-state index contributed by atoms with van der Waals surface area (Å²) < 4.78 is 11.4. The fourth-order valence-corrected chi connectivity index (χ4v) is 2.83. The molecule has 0 bridgehead atoms.